The van der Waals surface area contributed by atoms with Crippen molar-refractivity contribution in [3.63, 3.8) is 0 Å². The lowest BCUT2D eigenvalue weighted by Gasteiger charge is -2.22. The molecule has 6 nitrogen and oxygen atoms in total. The van der Waals surface area contributed by atoms with Crippen molar-refractivity contribution < 1.29 is 4.79 Å². The summed E-state index contributed by atoms with van der Waals surface area (Å²) >= 11 is 0. The normalized spacial score (nSPS) is 11.8. The van der Waals surface area contributed by atoms with Crippen LogP contribution in [0.3, 0.4) is 0 Å². The molecule has 3 rings (SSSR count). The molecule has 0 aliphatic heterocycles. The Bertz CT molecular complexity index is 832. The lowest BCUT2D eigenvalue weighted by molar-refractivity contribution is -0.124. The molecule has 0 aliphatic carbocycles. The molecule has 1 N–H and O–H groups in total. The minimum Gasteiger partial charge on any atom is -0.355 e. The van der Waals surface area contributed by atoms with E-state index in [1.807, 2.05) is 44.3 Å². The number of aromatic nitrogens is 3. The van der Waals surface area contributed by atoms with Crippen LogP contribution in [0.15, 0.2) is 67.4 Å². The van der Waals surface area contributed by atoms with Gasteiger partial charge >= 0.3 is 0 Å². The van der Waals surface area contributed by atoms with Gasteiger partial charge in [0.05, 0.1) is 6.33 Å². The van der Waals surface area contributed by atoms with E-state index >= 15 is 0 Å². The maximum absolute atomic E-state index is 12.4. The molecule has 2 aromatic heterocycles. The number of carbonyl (C=O) groups excluding carboxylic acids is 1. The molecule has 0 saturated heterocycles. The van der Waals surface area contributed by atoms with E-state index in [1.165, 1.54) is 5.56 Å². The number of nitrogens with one attached hydrogen (secondary N) is 1. The molecule has 0 fully saturated rings. The van der Waals surface area contributed by atoms with Gasteiger partial charge < -0.3 is 14.8 Å². The molecule has 6 heteroatoms. The summed E-state index contributed by atoms with van der Waals surface area (Å²) in [6.07, 6.45) is 6.87. The maximum atomic E-state index is 12.4. The molecule has 0 radical (unpaired) electrons. The first-order valence-electron chi connectivity index (χ1n) is 8.59. The number of imidazole rings is 1. The monoisotopic (exact) mass is 349 g/mol. The summed E-state index contributed by atoms with van der Waals surface area (Å²) in [6.45, 7) is 3.03. The van der Waals surface area contributed by atoms with E-state index in [1.54, 1.807) is 29.5 Å². The number of nitrogens with zero attached hydrogens (tertiary/aromatic N) is 4. The average molecular weight is 349 g/mol. The van der Waals surface area contributed by atoms with Crippen molar-refractivity contribution in [3.8, 4) is 0 Å². The van der Waals surface area contributed by atoms with Gasteiger partial charge in [0.15, 0.2) is 0 Å². The molecule has 1 aromatic carbocycles. The first kappa shape index (κ1) is 17.7. The number of rotatable bonds is 7. The minimum atomic E-state index is -0.306. The van der Waals surface area contributed by atoms with Gasteiger partial charge in [-0.3, -0.25) is 4.79 Å². The summed E-state index contributed by atoms with van der Waals surface area (Å²) in [4.78, 5) is 23.0. The van der Waals surface area contributed by atoms with E-state index in [9.17, 15) is 4.79 Å². The van der Waals surface area contributed by atoms with Crippen LogP contribution >= 0.6 is 0 Å². The van der Waals surface area contributed by atoms with Gasteiger partial charge in [0, 0.05) is 44.3 Å². The predicted molar refractivity (Wildman–Crippen MR) is 102 cm³/mol. The van der Waals surface area contributed by atoms with Gasteiger partial charge in [-0.05, 0) is 18.6 Å². The number of hydrogen-bond donors (Lipinski definition) is 1. The lowest BCUT2D eigenvalue weighted by atomic mass is 10.2. The second-order valence-corrected chi connectivity index (χ2v) is 6.23. The molecular formula is C20H23N5O. The summed E-state index contributed by atoms with van der Waals surface area (Å²) in [6, 6.07) is 13.8. The first-order chi connectivity index (χ1) is 12.6. The van der Waals surface area contributed by atoms with Crippen molar-refractivity contribution in [1.82, 2.24) is 19.9 Å². The number of pyridine rings is 1. The Labute approximate surface area is 153 Å². The number of hydrogen-bond acceptors (Lipinski definition) is 4. The van der Waals surface area contributed by atoms with Crippen molar-refractivity contribution in [2.24, 2.45) is 0 Å². The molecule has 134 valence electrons. The van der Waals surface area contributed by atoms with Crippen LogP contribution in [0, 0.1) is 0 Å². The molecule has 26 heavy (non-hydrogen) atoms. The number of amides is 1. The van der Waals surface area contributed by atoms with Crippen LogP contribution in [0.4, 0.5) is 5.82 Å². The third-order valence-electron chi connectivity index (χ3n) is 4.30. The second-order valence-electron chi connectivity index (χ2n) is 6.23. The molecule has 2 heterocycles. The van der Waals surface area contributed by atoms with Crippen LogP contribution in [-0.2, 0) is 17.9 Å². The van der Waals surface area contributed by atoms with Crippen molar-refractivity contribution in [1.29, 1.82) is 0 Å². The standard InChI is InChI=1S/C20H23N5O/c1-16(25-12-11-21-15-25)20(26)23-13-18-9-6-10-22-19(18)24(2)14-17-7-4-3-5-8-17/h3-12,15-16H,13-14H2,1-2H3,(H,23,26). The van der Waals surface area contributed by atoms with Gasteiger partial charge in [-0.15, -0.1) is 0 Å². The van der Waals surface area contributed by atoms with E-state index in [0.29, 0.717) is 6.54 Å². The van der Waals surface area contributed by atoms with Crippen LogP contribution in [-0.4, -0.2) is 27.5 Å². The molecule has 1 amide bonds. The molecule has 0 aliphatic rings. The summed E-state index contributed by atoms with van der Waals surface area (Å²) in [5.74, 6) is 0.815. The first-order valence-corrected chi connectivity index (χ1v) is 8.59. The van der Waals surface area contributed by atoms with Crippen molar-refractivity contribution >= 4 is 11.7 Å². The highest BCUT2D eigenvalue weighted by Crippen LogP contribution is 2.18. The Balaban J connectivity index is 1.66. The Kier molecular flexibility index (Phi) is 5.63. The summed E-state index contributed by atoms with van der Waals surface area (Å²) < 4.78 is 1.78. The number of anilines is 1. The van der Waals surface area contributed by atoms with Crippen LogP contribution in [0.25, 0.3) is 0 Å². The predicted octanol–water partition coefficient (Wildman–Crippen LogP) is 2.79. The van der Waals surface area contributed by atoms with Crippen molar-refractivity contribution in [3.05, 3.63) is 78.5 Å². The fourth-order valence-corrected chi connectivity index (χ4v) is 2.81. The maximum Gasteiger partial charge on any atom is 0.243 e. The Hall–Kier alpha value is -3.15. The van der Waals surface area contributed by atoms with Gasteiger partial charge in [0.25, 0.3) is 0 Å². The van der Waals surface area contributed by atoms with Crippen molar-refractivity contribution in [2.75, 3.05) is 11.9 Å². The second kappa shape index (κ2) is 8.29. The van der Waals surface area contributed by atoms with E-state index in [2.05, 4.69) is 32.3 Å². The zero-order valence-corrected chi connectivity index (χ0v) is 15.0. The highest BCUT2D eigenvalue weighted by molar-refractivity contribution is 5.80. The highest BCUT2D eigenvalue weighted by atomic mass is 16.2. The van der Waals surface area contributed by atoms with Crippen LogP contribution in [0.5, 0.6) is 0 Å². The van der Waals surface area contributed by atoms with Crippen molar-refractivity contribution in [2.45, 2.75) is 26.1 Å². The van der Waals surface area contributed by atoms with Gasteiger partial charge in [-0.1, -0.05) is 36.4 Å². The third kappa shape index (κ3) is 4.27. The third-order valence-corrected chi connectivity index (χ3v) is 4.30. The number of carbonyl (C=O) groups is 1. The largest absolute Gasteiger partial charge is 0.355 e. The zero-order valence-electron chi connectivity index (χ0n) is 15.0. The summed E-state index contributed by atoms with van der Waals surface area (Å²) in [7, 11) is 2.01. The molecule has 0 spiro atoms. The summed E-state index contributed by atoms with van der Waals surface area (Å²) in [5.41, 5.74) is 2.20. The van der Waals surface area contributed by atoms with Crippen LogP contribution < -0.4 is 10.2 Å². The van der Waals surface area contributed by atoms with Crippen LogP contribution in [0.2, 0.25) is 0 Å². The fourth-order valence-electron chi connectivity index (χ4n) is 2.81. The summed E-state index contributed by atoms with van der Waals surface area (Å²) in [5, 5.41) is 2.99. The Morgan fingerprint density at radius 2 is 2.00 bits per heavy atom. The molecule has 1 atom stereocenters. The highest BCUT2D eigenvalue weighted by Gasteiger charge is 2.15. The Morgan fingerprint density at radius 3 is 2.73 bits per heavy atom. The molecule has 1 unspecified atom stereocenters. The molecule has 0 saturated carbocycles. The number of benzene rings is 1. The minimum absolute atomic E-state index is 0.0523. The van der Waals surface area contributed by atoms with E-state index < -0.39 is 0 Å². The van der Waals surface area contributed by atoms with Gasteiger partial charge in [0.2, 0.25) is 5.91 Å². The lowest BCUT2D eigenvalue weighted by Crippen LogP contribution is -2.31. The SMILES string of the molecule is CC(C(=O)NCc1cccnc1N(C)Cc1ccccc1)n1ccnc1. The smallest absolute Gasteiger partial charge is 0.243 e. The van der Waals surface area contributed by atoms with Gasteiger partial charge in [-0.2, -0.15) is 0 Å². The fraction of sp³-hybridized carbons (Fsp3) is 0.250. The average Bonchev–Trinajstić information content (AvgIpc) is 3.21. The van der Waals surface area contributed by atoms with E-state index in [4.69, 9.17) is 0 Å². The molecule has 0 bridgehead atoms. The zero-order chi connectivity index (χ0) is 18.4. The molecule has 3 aromatic rings. The van der Waals surface area contributed by atoms with Crippen LogP contribution in [0.1, 0.15) is 24.1 Å². The van der Waals surface area contributed by atoms with E-state index in [-0.39, 0.29) is 11.9 Å². The quantitative estimate of drug-likeness (QED) is 0.712. The van der Waals surface area contributed by atoms with Gasteiger partial charge in [0.1, 0.15) is 11.9 Å². The van der Waals surface area contributed by atoms with Gasteiger partial charge in [-0.25, -0.2) is 9.97 Å². The molecular weight excluding hydrogens is 326 g/mol. The Morgan fingerprint density at radius 1 is 1.19 bits per heavy atom. The van der Waals surface area contributed by atoms with E-state index in [0.717, 1.165) is 17.9 Å². The topological polar surface area (TPSA) is 63.1 Å².